The number of aryl methyl sites for hydroxylation is 1. The number of hydrogen-bond acceptors (Lipinski definition) is 4. The van der Waals surface area contributed by atoms with Gasteiger partial charge in [0, 0.05) is 6.42 Å². The molecule has 0 fully saturated rings. The van der Waals surface area contributed by atoms with Crippen molar-refractivity contribution in [2.24, 2.45) is 0 Å². The summed E-state index contributed by atoms with van der Waals surface area (Å²) in [6.07, 6.45) is 0.0159. The third kappa shape index (κ3) is 4.63. The van der Waals surface area contributed by atoms with E-state index in [-0.39, 0.29) is 6.61 Å². The zero-order chi connectivity index (χ0) is 20.9. The highest BCUT2D eigenvalue weighted by Crippen LogP contribution is 2.21. The monoisotopic (exact) mass is 402 g/mol. The van der Waals surface area contributed by atoms with Gasteiger partial charge in [-0.3, -0.25) is 0 Å². The summed E-state index contributed by atoms with van der Waals surface area (Å²) in [5.74, 6) is 2.51. The molecule has 1 heterocycles. The van der Waals surface area contributed by atoms with Crippen LogP contribution in [0.3, 0.4) is 0 Å². The van der Waals surface area contributed by atoms with Gasteiger partial charge < -0.3 is 19.1 Å². The molecule has 1 aromatic heterocycles. The molecular weight excluding hydrogens is 376 g/mol. The fourth-order valence-corrected chi connectivity index (χ4v) is 3.55. The number of hydrogen-bond donors (Lipinski definition) is 1. The number of rotatable bonds is 8. The molecule has 154 valence electrons. The number of aliphatic hydroxyl groups is 1. The number of para-hydroxylation sites is 2. The standard InChI is InChI=1S/C25H26N2O3/c1-18-6-5-7-22(14-18)30-17-20(28)16-27-24-9-4-3-8-23(24)26-25(27)15-19-10-12-21(29-2)13-11-19/h3-14,20,28H,15-17H2,1-2H3/t20-/m0/s1. The van der Waals surface area contributed by atoms with E-state index in [2.05, 4.69) is 4.57 Å². The normalized spacial score (nSPS) is 12.1. The topological polar surface area (TPSA) is 56.5 Å². The van der Waals surface area contributed by atoms with Gasteiger partial charge in [0.25, 0.3) is 0 Å². The molecule has 1 atom stereocenters. The maximum Gasteiger partial charge on any atom is 0.119 e. The lowest BCUT2D eigenvalue weighted by molar-refractivity contribution is 0.0928. The molecule has 0 aliphatic rings. The van der Waals surface area contributed by atoms with Crippen LogP contribution in [0, 0.1) is 6.92 Å². The molecule has 0 radical (unpaired) electrons. The van der Waals surface area contributed by atoms with Crippen LogP contribution in [0.4, 0.5) is 0 Å². The molecule has 0 unspecified atom stereocenters. The smallest absolute Gasteiger partial charge is 0.119 e. The van der Waals surface area contributed by atoms with Crippen molar-refractivity contribution in [1.82, 2.24) is 9.55 Å². The van der Waals surface area contributed by atoms with Gasteiger partial charge in [-0.25, -0.2) is 4.98 Å². The minimum Gasteiger partial charge on any atom is -0.497 e. The van der Waals surface area contributed by atoms with Crippen LogP contribution in [0.2, 0.25) is 0 Å². The van der Waals surface area contributed by atoms with E-state index < -0.39 is 6.10 Å². The number of aromatic nitrogens is 2. The van der Waals surface area contributed by atoms with Crippen LogP contribution in [-0.4, -0.2) is 34.5 Å². The first-order valence-corrected chi connectivity index (χ1v) is 10.1. The van der Waals surface area contributed by atoms with Crippen LogP contribution >= 0.6 is 0 Å². The van der Waals surface area contributed by atoms with Crippen molar-refractivity contribution < 1.29 is 14.6 Å². The molecule has 5 nitrogen and oxygen atoms in total. The molecule has 0 bridgehead atoms. The van der Waals surface area contributed by atoms with Crippen molar-refractivity contribution in [2.75, 3.05) is 13.7 Å². The Labute approximate surface area is 176 Å². The molecule has 1 N–H and O–H groups in total. The first kappa shape index (κ1) is 20.0. The van der Waals surface area contributed by atoms with Gasteiger partial charge >= 0.3 is 0 Å². The third-order valence-electron chi connectivity index (χ3n) is 5.08. The summed E-state index contributed by atoms with van der Waals surface area (Å²) in [7, 11) is 1.66. The molecule has 3 aromatic carbocycles. The largest absolute Gasteiger partial charge is 0.497 e. The lowest BCUT2D eigenvalue weighted by atomic mass is 10.1. The summed E-state index contributed by atoms with van der Waals surface area (Å²) in [4.78, 5) is 4.81. The van der Waals surface area contributed by atoms with Crippen molar-refractivity contribution in [3.63, 3.8) is 0 Å². The molecule has 0 amide bonds. The summed E-state index contributed by atoms with van der Waals surface area (Å²) in [6, 6.07) is 23.8. The first-order chi connectivity index (χ1) is 14.6. The van der Waals surface area contributed by atoms with Crippen molar-refractivity contribution >= 4 is 11.0 Å². The van der Waals surface area contributed by atoms with Crippen LogP contribution in [0.15, 0.2) is 72.8 Å². The second-order valence-corrected chi connectivity index (χ2v) is 7.43. The van der Waals surface area contributed by atoms with E-state index in [1.807, 2.05) is 79.7 Å². The Morgan fingerprint density at radius 1 is 0.967 bits per heavy atom. The summed E-state index contributed by atoms with van der Waals surface area (Å²) >= 11 is 0. The second kappa shape index (κ2) is 9.01. The summed E-state index contributed by atoms with van der Waals surface area (Å²) in [5, 5.41) is 10.7. The number of ether oxygens (including phenoxy) is 2. The van der Waals surface area contributed by atoms with E-state index in [9.17, 15) is 5.11 Å². The van der Waals surface area contributed by atoms with Gasteiger partial charge in [0.2, 0.25) is 0 Å². The SMILES string of the molecule is COc1ccc(Cc2nc3ccccc3n2C[C@H](O)COc2cccc(C)c2)cc1. The minimum atomic E-state index is -0.655. The highest BCUT2D eigenvalue weighted by Gasteiger charge is 2.15. The third-order valence-corrected chi connectivity index (χ3v) is 5.08. The Balaban J connectivity index is 1.53. The molecule has 0 saturated carbocycles. The minimum absolute atomic E-state index is 0.220. The predicted molar refractivity (Wildman–Crippen MR) is 118 cm³/mol. The number of methoxy groups -OCH3 is 1. The number of nitrogens with zero attached hydrogens (tertiary/aromatic N) is 2. The Morgan fingerprint density at radius 3 is 2.53 bits per heavy atom. The van der Waals surface area contributed by atoms with Crippen molar-refractivity contribution in [2.45, 2.75) is 26.0 Å². The molecule has 0 saturated heterocycles. The van der Waals surface area contributed by atoms with E-state index in [0.717, 1.165) is 39.5 Å². The number of aliphatic hydroxyl groups excluding tert-OH is 1. The van der Waals surface area contributed by atoms with Gasteiger partial charge in [-0.05, 0) is 54.4 Å². The molecule has 0 aliphatic heterocycles. The van der Waals surface area contributed by atoms with Crippen molar-refractivity contribution in [1.29, 1.82) is 0 Å². The molecule has 0 aliphatic carbocycles. The first-order valence-electron chi connectivity index (χ1n) is 10.1. The quantitative estimate of drug-likeness (QED) is 0.475. The molecule has 4 aromatic rings. The van der Waals surface area contributed by atoms with E-state index in [1.54, 1.807) is 7.11 Å². The number of benzene rings is 3. The van der Waals surface area contributed by atoms with E-state index >= 15 is 0 Å². The fourth-order valence-electron chi connectivity index (χ4n) is 3.55. The number of imidazole rings is 1. The van der Waals surface area contributed by atoms with Gasteiger partial charge in [-0.2, -0.15) is 0 Å². The van der Waals surface area contributed by atoms with Crippen molar-refractivity contribution in [3.8, 4) is 11.5 Å². The molecular formula is C25H26N2O3. The Kier molecular flexibility index (Phi) is 6.00. The summed E-state index contributed by atoms with van der Waals surface area (Å²) < 4.78 is 13.1. The van der Waals surface area contributed by atoms with Gasteiger partial charge in [0.05, 0.1) is 24.7 Å². The van der Waals surface area contributed by atoms with Crippen LogP contribution in [-0.2, 0) is 13.0 Å². The highest BCUT2D eigenvalue weighted by atomic mass is 16.5. The van der Waals surface area contributed by atoms with Gasteiger partial charge in [-0.1, -0.05) is 36.4 Å². The zero-order valence-corrected chi connectivity index (χ0v) is 17.3. The predicted octanol–water partition coefficient (Wildman–Crippen LogP) is 4.38. The van der Waals surface area contributed by atoms with Crippen LogP contribution in [0.5, 0.6) is 11.5 Å². The summed E-state index contributed by atoms with van der Waals surface area (Å²) in [5.41, 5.74) is 4.20. The molecule has 4 rings (SSSR count). The van der Waals surface area contributed by atoms with Gasteiger partial charge in [0.15, 0.2) is 0 Å². The second-order valence-electron chi connectivity index (χ2n) is 7.43. The summed E-state index contributed by atoms with van der Waals surface area (Å²) in [6.45, 7) is 2.65. The Hall–Kier alpha value is -3.31. The number of fused-ring (bicyclic) bond motifs is 1. The van der Waals surface area contributed by atoms with Gasteiger partial charge in [0.1, 0.15) is 30.0 Å². The van der Waals surface area contributed by atoms with Crippen LogP contribution in [0.25, 0.3) is 11.0 Å². The lowest BCUT2D eigenvalue weighted by Crippen LogP contribution is -2.24. The van der Waals surface area contributed by atoms with E-state index in [0.29, 0.717) is 13.0 Å². The molecule has 0 spiro atoms. The maximum atomic E-state index is 10.7. The zero-order valence-electron chi connectivity index (χ0n) is 17.3. The van der Waals surface area contributed by atoms with E-state index in [4.69, 9.17) is 14.5 Å². The maximum absolute atomic E-state index is 10.7. The molecule has 30 heavy (non-hydrogen) atoms. The van der Waals surface area contributed by atoms with Crippen LogP contribution in [0.1, 0.15) is 17.0 Å². The Bertz CT molecular complexity index is 1120. The Morgan fingerprint density at radius 2 is 1.77 bits per heavy atom. The lowest BCUT2D eigenvalue weighted by Gasteiger charge is -2.16. The average Bonchev–Trinajstić information content (AvgIpc) is 3.10. The van der Waals surface area contributed by atoms with Gasteiger partial charge in [-0.15, -0.1) is 0 Å². The van der Waals surface area contributed by atoms with Crippen molar-refractivity contribution in [3.05, 3.63) is 89.7 Å². The molecule has 5 heteroatoms. The average molecular weight is 402 g/mol. The van der Waals surface area contributed by atoms with Crippen LogP contribution < -0.4 is 9.47 Å². The van der Waals surface area contributed by atoms with E-state index in [1.165, 1.54) is 0 Å². The highest BCUT2D eigenvalue weighted by molar-refractivity contribution is 5.76. The fraction of sp³-hybridized carbons (Fsp3) is 0.240.